The van der Waals surface area contributed by atoms with Crippen LogP contribution in [0.4, 0.5) is 0 Å². The van der Waals surface area contributed by atoms with E-state index in [0.29, 0.717) is 0 Å². The molecule has 1 rings (SSSR count). The Kier molecular flexibility index (Phi) is 15.5. The van der Waals surface area contributed by atoms with Crippen LogP contribution in [-0.4, -0.2) is 9.97 Å². The molecule has 0 aromatic carbocycles. The summed E-state index contributed by atoms with van der Waals surface area (Å²) in [6.07, 6.45) is 21.7. The molecule has 2 N–H and O–H groups in total. The number of H-pyrrole nitrogens is 1. The summed E-state index contributed by atoms with van der Waals surface area (Å²) in [6.45, 7) is 2.28. The molecule has 0 aliphatic carbocycles. The summed E-state index contributed by atoms with van der Waals surface area (Å²) in [5, 5.41) is 16.7. The van der Waals surface area contributed by atoms with E-state index in [1.807, 2.05) is 12.4 Å². The molecule has 0 spiro atoms. The van der Waals surface area contributed by atoms with Crippen molar-refractivity contribution >= 4 is 0 Å². The molecule has 1 aromatic heterocycles. The number of nitrogens with zero attached hydrogens (tertiary/aromatic N) is 3. The predicted molar refractivity (Wildman–Crippen MR) is 88.5 cm³/mol. The van der Waals surface area contributed by atoms with Crippen LogP contribution >= 0.6 is 0 Å². The average molecular weight is 303 g/mol. The Labute approximate surface area is 134 Å². The Morgan fingerprint density at radius 3 is 1.91 bits per heavy atom. The first-order chi connectivity index (χ1) is 10.8. The summed E-state index contributed by atoms with van der Waals surface area (Å²) in [5.74, 6) is 1.14. The highest BCUT2D eigenvalue weighted by atomic mass is 14.9. The van der Waals surface area contributed by atoms with Gasteiger partial charge in [0.25, 0.3) is 0 Å². The first kappa shape index (κ1) is 20.0. The van der Waals surface area contributed by atoms with Gasteiger partial charge in [0.15, 0.2) is 12.4 Å². The molecule has 5 heteroatoms. The molecule has 0 aliphatic rings. The lowest BCUT2D eigenvalue weighted by molar-refractivity contribution is 0.554. The van der Waals surface area contributed by atoms with Crippen LogP contribution in [0.2, 0.25) is 0 Å². The van der Waals surface area contributed by atoms with Crippen molar-refractivity contribution in [1.82, 2.24) is 15.3 Å². The monoisotopic (exact) mass is 303 g/mol. The number of rotatable bonds is 11. The third-order valence-corrected chi connectivity index (χ3v) is 3.43. The lowest BCUT2D eigenvalue weighted by Crippen LogP contribution is -1.88. The molecule has 1 heterocycles. The fraction of sp³-hybridized carbons (Fsp3) is 0.706. The minimum absolute atomic E-state index is 1.11. The molecule has 0 bridgehead atoms. The minimum atomic E-state index is 1.11. The summed E-state index contributed by atoms with van der Waals surface area (Å²) in [6, 6.07) is 0. The summed E-state index contributed by atoms with van der Waals surface area (Å²) in [4.78, 5) is 7.39. The van der Waals surface area contributed by atoms with Gasteiger partial charge in [0.2, 0.25) is 0 Å². The third kappa shape index (κ3) is 14.4. The van der Waals surface area contributed by atoms with Gasteiger partial charge < -0.3 is 4.98 Å². The number of unbranched alkanes of at least 4 members (excludes halogenated alkanes) is 9. The summed E-state index contributed by atoms with van der Waals surface area (Å²) < 4.78 is 0. The van der Waals surface area contributed by atoms with Crippen molar-refractivity contribution in [2.75, 3.05) is 0 Å². The van der Waals surface area contributed by atoms with Crippen molar-refractivity contribution in [3.8, 4) is 12.4 Å². The van der Waals surface area contributed by atoms with Gasteiger partial charge in [-0.1, -0.05) is 64.7 Å². The molecule has 5 nitrogen and oxygen atoms in total. The first-order valence-corrected chi connectivity index (χ1v) is 8.36. The molecule has 122 valence electrons. The van der Waals surface area contributed by atoms with E-state index in [0.717, 1.165) is 12.2 Å². The van der Waals surface area contributed by atoms with Crippen LogP contribution in [0.25, 0.3) is 0 Å². The van der Waals surface area contributed by atoms with Crippen molar-refractivity contribution in [3.63, 3.8) is 0 Å². The smallest absolute Gasteiger partial charge is 0.190 e. The molecule has 0 aliphatic heterocycles. The highest BCUT2D eigenvalue weighted by molar-refractivity contribution is 4.86. The third-order valence-electron chi connectivity index (χ3n) is 3.43. The largest absolute Gasteiger partial charge is 0.349 e. The van der Waals surface area contributed by atoms with E-state index in [4.69, 9.17) is 10.5 Å². The van der Waals surface area contributed by atoms with Crippen molar-refractivity contribution < 1.29 is 0 Å². The van der Waals surface area contributed by atoms with E-state index in [1.54, 1.807) is 5.32 Å². The second-order valence-corrected chi connectivity index (χ2v) is 5.32. The van der Waals surface area contributed by atoms with Gasteiger partial charge in [-0.05, 0) is 6.42 Å². The van der Waals surface area contributed by atoms with E-state index in [1.165, 1.54) is 76.6 Å². The van der Waals surface area contributed by atoms with Crippen LogP contribution in [-0.2, 0) is 6.42 Å². The number of aryl methyl sites for hydroxylation is 1. The topological polar surface area (TPSA) is 88.3 Å². The van der Waals surface area contributed by atoms with Crippen molar-refractivity contribution in [2.24, 2.45) is 0 Å². The van der Waals surface area contributed by atoms with Gasteiger partial charge in [-0.15, -0.1) is 0 Å². The zero-order chi connectivity index (χ0) is 16.3. The maximum atomic E-state index is 7.48. The normalized spacial score (nSPS) is 9.23. The van der Waals surface area contributed by atoms with Gasteiger partial charge in [-0.2, -0.15) is 10.5 Å². The second kappa shape index (κ2) is 17.0. The van der Waals surface area contributed by atoms with Crippen LogP contribution in [0.1, 0.15) is 77.0 Å². The van der Waals surface area contributed by atoms with Crippen LogP contribution in [0.15, 0.2) is 12.4 Å². The molecule has 0 saturated heterocycles. The highest BCUT2D eigenvalue weighted by Gasteiger charge is 1.95. The lowest BCUT2D eigenvalue weighted by atomic mass is 10.1. The second-order valence-electron chi connectivity index (χ2n) is 5.32. The number of hydrogen-bond acceptors (Lipinski definition) is 4. The van der Waals surface area contributed by atoms with Gasteiger partial charge in [0.1, 0.15) is 5.82 Å². The van der Waals surface area contributed by atoms with Crippen LogP contribution in [0.5, 0.6) is 0 Å². The molecule has 22 heavy (non-hydrogen) atoms. The highest BCUT2D eigenvalue weighted by Crippen LogP contribution is 2.11. The fourth-order valence-electron chi connectivity index (χ4n) is 2.24. The van der Waals surface area contributed by atoms with Crippen molar-refractivity contribution in [3.05, 3.63) is 18.2 Å². The number of aromatic nitrogens is 2. The Bertz CT molecular complexity index is 388. The zero-order valence-corrected chi connectivity index (χ0v) is 13.8. The standard InChI is InChI=1S/C15H28N2.C2HN3/c1-2-3-4-5-6-7-8-9-10-11-12-15-16-13-14-17-15;3-1-5-2-4/h13-14H,2-12H2,1H3,(H,16,17);5H. The fourth-order valence-corrected chi connectivity index (χ4v) is 2.24. The van der Waals surface area contributed by atoms with Crippen molar-refractivity contribution in [2.45, 2.75) is 77.6 Å². The zero-order valence-electron chi connectivity index (χ0n) is 13.8. The van der Waals surface area contributed by atoms with E-state index in [2.05, 4.69) is 16.9 Å². The van der Waals surface area contributed by atoms with Gasteiger partial charge in [-0.3, -0.25) is 0 Å². The molecule has 0 amide bonds. The van der Waals surface area contributed by atoms with E-state index >= 15 is 0 Å². The lowest BCUT2D eigenvalue weighted by Gasteiger charge is -2.01. The SMILES string of the molecule is CCCCCCCCCCCCc1ncc[nH]1.N#CNC#N. The number of aromatic amines is 1. The van der Waals surface area contributed by atoms with Gasteiger partial charge in [-0.25, -0.2) is 10.3 Å². The number of imidazole rings is 1. The predicted octanol–water partition coefficient (Wildman–Crippen LogP) is 4.41. The summed E-state index contributed by atoms with van der Waals surface area (Å²) >= 11 is 0. The van der Waals surface area contributed by atoms with Gasteiger partial charge in [0.05, 0.1) is 0 Å². The summed E-state index contributed by atoms with van der Waals surface area (Å²) in [7, 11) is 0. The van der Waals surface area contributed by atoms with Gasteiger partial charge >= 0.3 is 0 Å². The van der Waals surface area contributed by atoms with Gasteiger partial charge in [0, 0.05) is 18.8 Å². The average Bonchev–Trinajstić information content (AvgIpc) is 3.04. The molecule has 0 unspecified atom stereocenters. The Morgan fingerprint density at radius 2 is 1.50 bits per heavy atom. The quantitative estimate of drug-likeness (QED) is 0.360. The molecule has 0 saturated carbocycles. The first-order valence-electron chi connectivity index (χ1n) is 8.36. The van der Waals surface area contributed by atoms with E-state index in [9.17, 15) is 0 Å². The van der Waals surface area contributed by atoms with E-state index < -0.39 is 0 Å². The van der Waals surface area contributed by atoms with Crippen LogP contribution < -0.4 is 5.32 Å². The van der Waals surface area contributed by atoms with Crippen LogP contribution in [0, 0.1) is 22.9 Å². The molecular formula is C17H29N5. The molecular weight excluding hydrogens is 274 g/mol. The Balaban J connectivity index is 0.000000763. The molecule has 1 aromatic rings. The summed E-state index contributed by atoms with van der Waals surface area (Å²) in [5.41, 5.74) is 0. The number of hydrogen-bond donors (Lipinski definition) is 2. The van der Waals surface area contributed by atoms with Crippen molar-refractivity contribution in [1.29, 1.82) is 10.5 Å². The Morgan fingerprint density at radius 1 is 0.955 bits per heavy atom. The maximum absolute atomic E-state index is 7.48. The van der Waals surface area contributed by atoms with Crippen LogP contribution in [0.3, 0.4) is 0 Å². The van der Waals surface area contributed by atoms with E-state index in [-0.39, 0.29) is 0 Å². The molecule has 0 radical (unpaired) electrons. The molecule has 0 fully saturated rings. The maximum Gasteiger partial charge on any atom is 0.190 e. The molecule has 0 atom stereocenters. The number of nitriles is 2. The minimum Gasteiger partial charge on any atom is -0.349 e. The number of nitrogens with one attached hydrogen (secondary N) is 2. The Hall–Kier alpha value is -2.01.